The molecule has 1 unspecified atom stereocenters. The van der Waals surface area contributed by atoms with Gasteiger partial charge in [0.2, 0.25) is 0 Å². The Bertz CT molecular complexity index is 364. The van der Waals surface area contributed by atoms with Gasteiger partial charge in [-0.3, -0.25) is 4.90 Å². The fraction of sp³-hybridized carbons (Fsp3) is 0.600. The van der Waals surface area contributed by atoms with Crippen molar-refractivity contribution in [1.29, 1.82) is 0 Å². The fourth-order valence-corrected chi connectivity index (χ4v) is 2.49. The molecule has 1 aliphatic rings. The molecule has 1 atom stereocenters. The third-order valence-electron chi connectivity index (χ3n) is 3.40. The maximum absolute atomic E-state index is 9.90. The molecule has 0 saturated heterocycles. The zero-order chi connectivity index (χ0) is 12.4. The SMILES string of the molecule is Cc1cc(C)cc(CN(C)CC(O)C2CC2)c1. The first-order valence-electron chi connectivity index (χ1n) is 6.48. The molecule has 0 aliphatic heterocycles. The van der Waals surface area contributed by atoms with Crippen molar-refractivity contribution < 1.29 is 5.11 Å². The molecule has 1 aromatic carbocycles. The van der Waals surface area contributed by atoms with E-state index in [0.717, 1.165) is 13.1 Å². The lowest BCUT2D eigenvalue weighted by molar-refractivity contribution is 0.104. The van der Waals surface area contributed by atoms with Crippen LogP contribution in [0.1, 0.15) is 29.5 Å². The Kier molecular flexibility index (Phi) is 3.85. The summed E-state index contributed by atoms with van der Waals surface area (Å²) in [7, 11) is 2.09. The van der Waals surface area contributed by atoms with E-state index in [1.54, 1.807) is 0 Å². The van der Waals surface area contributed by atoms with Crippen LogP contribution < -0.4 is 0 Å². The Morgan fingerprint density at radius 1 is 1.24 bits per heavy atom. The fourth-order valence-electron chi connectivity index (χ4n) is 2.49. The molecule has 1 aromatic rings. The van der Waals surface area contributed by atoms with Crippen LogP contribution in [0.4, 0.5) is 0 Å². The minimum atomic E-state index is -0.133. The topological polar surface area (TPSA) is 23.5 Å². The van der Waals surface area contributed by atoms with Crippen LogP contribution in [0, 0.1) is 19.8 Å². The third-order valence-corrected chi connectivity index (χ3v) is 3.40. The number of nitrogens with zero attached hydrogens (tertiary/aromatic N) is 1. The molecular weight excluding hydrogens is 210 g/mol. The number of aliphatic hydroxyl groups is 1. The molecule has 0 bridgehead atoms. The lowest BCUT2D eigenvalue weighted by Crippen LogP contribution is -2.30. The first-order chi connectivity index (χ1) is 8.04. The lowest BCUT2D eigenvalue weighted by Gasteiger charge is -2.20. The van der Waals surface area contributed by atoms with Crippen molar-refractivity contribution in [2.45, 2.75) is 39.3 Å². The van der Waals surface area contributed by atoms with Crippen molar-refractivity contribution in [3.63, 3.8) is 0 Å². The van der Waals surface area contributed by atoms with Gasteiger partial charge in [-0.25, -0.2) is 0 Å². The van der Waals surface area contributed by atoms with Gasteiger partial charge in [0.25, 0.3) is 0 Å². The molecule has 2 nitrogen and oxygen atoms in total. The summed E-state index contributed by atoms with van der Waals surface area (Å²) in [6, 6.07) is 6.66. The molecule has 2 heteroatoms. The van der Waals surface area contributed by atoms with Crippen molar-refractivity contribution in [2.75, 3.05) is 13.6 Å². The average molecular weight is 233 g/mol. The van der Waals surface area contributed by atoms with E-state index in [9.17, 15) is 5.11 Å². The van der Waals surface area contributed by atoms with Crippen LogP contribution >= 0.6 is 0 Å². The van der Waals surface area contributed by atoms with E-state index in [0.29, 0.717) is 5.92 Å². The number of likely N-dealkylation sites (N-methyl/N-ethyl adjacent to an activating group) is 1. The van der Waals surface area contributed by atoms with Crippen molar-refractivity contribution >= 4 is 0 Å². The van der Waals surface area contributed by atoms with Crippen molar-refractivity contribution in [3.8, 4) is 0 Å². The molecule has 94 valence electrons. The average Bonchev–Trinajstić information content (AvgIpc) is 2.97. The van der Waals surface area contributed by atoms with Gasteiger partial charge < -0.3 is 5.11 Å². The van der Waals surface area contributed by atoms with Gasteiger partial charge in [-0.15, -0.1) is 0 Å². The van der Waals surface area contributed by atoms with Gasteiger partial charge in [0, 0.05) is 13.1 Å². The number of hydrogen-bond donors (Lipinski definition) is 1. The summed E-state index contributed by atoms with van der Waals surface area (Å²) in [6.07, 6.45) is 2.28. The van der Waals surface area contributed by atoms with Crippen LogP contribution in [-0.2, 0) is 6.54 Å². The van der Waals surface area contributed by atoms with Crippen LogP contribution in [0.15, 0.2) is 18.2 Å². The molecule has 0 spiro atoms. The van der Waals surface area contributed by atoms with Crippen LogP contribution in [0.3, 0.4) is 0 Å². The van der Waals surface area contributed by atoms with Crippen LogP contribution in [0.5, 0.6) is 0 Å². The highest BCUT2D eigenvalue weighted by Gasteiger charge is 2.30. The quantitative estimate of drug-likeness (QED) is 0.844. The van der Waals surface area contributed by atoms with Gasteiger partial charge in [-0.05, 0) is 45.2 Å². The predicted molar refractivity (Wildman–Crippen MR) is 71.0 cm³/mol. The summed E-state index contributed by atoms with van der Waals surface area (Å²) in [5.41, 5.74) is 3.97. The Morgan fingerprint density at radius 2 is 1.82 bits per heavy atom. The van der Waals surface area contributed by atoms with Crippen molar-refractivity contribution in [2.24, 2.45) is 5.92 Å². The second-order valence-corrected chi connectivity index (χ2v) is 5.60. The highest BCUT2D eigenvalue weighted by Crippen LogP contribution is 2.32. The van der Waals surface area contributed by atoms with E-state index in [1.165, 1.54) is 29.5 Å². The van der Waals surface area contributed by atoms with Crippen molar-refractivity contribution in [1.82, 2.24) is 4.90 Å². The van der Waals surface area contributed by atoms with Crippen molar-refractivity contribution in [3.05, 3.63) is 34.9 Å². The summed E-state index contributed by atoms with van der Waals surface area (Å²) in [6.45, 7) is 5.98. The monoisotopic (exact) mass is 233 g/mol. The summed E-state index contributed by atoms with van der Waals surface area (Å²) in [5, 5.41) is 9.90. The first-order valence-corrected chi connectivity index (χ1v) is 6.48. The van der Waals surface area contributed by atoms with Gasteiger partial charge in [-0.2, -0.15) is 0 Å². The maximum Gasteiger partial charge on any atom is 0.0695 e. The van der Waals surface area contributed by atoms with Crippen LogP contribution in [0.2, 0.25) is 0 Å². The molecule has 1 aliphatic carbocycles. The largest absolute Gasteiger partial charge is 0.392 e. The Labute approximate surface area is 104 Å². The molecular formula is C15H23NO. The standard InChI is InChI=1S/C15H23NO/c1-11-6-12(2)8-13(7-11)9-16(3)10-15(17)14-4-5-14/h6-8,14-15,17H,4-5,9-10H2,1-3H3. The molecule has 17 heavy (non-hydrogen) atoms. The smallest absolute Gasteiger partial charge is 0.0695 e. The van der Waals surface area contributed by atoms with Gasteiger partial charge in [-0.1, -0.05) is 29.3 Å². The van der Waals surface area contributed by atoms with Crippen LogP contribution in [0.25, 0.3) is 0 Å². The molecule has 1 N–H and O–H groups in total. The molecule has 1 fully saturated rings. The first kappa shape index (κ1) is 12.6. The second-order valence-electron chi connectivity index (χ2n) is 5.60. The van der Waals surface area contributed by atoms with E-state index < -0.39 is 0 Å². The summed E-state index contributed by atoms with van der Waals surface area (Å²) in [5.74, 6) is 0.566. The number of benzene rings is 1. The highest BCUT2D eigenvalue weighted by molar-refractivity contribution is 5.28. The third kappa shape index (κ3) is 3.83. The highest BCUT2D eigenvalue weighted by atomic mass is 16.3. The minimum Gasteiger partial charge on any atom is -0.392 e. The molecule has 0 heterocycles. The van der Waals surface area contributed by atoms with E-state index in [2.05, 4.69) is 44.0 Å². The zero-order valence-electron chi connectivity index (χ0n) is 11.1. The molecule has 2 rings (SSSR count). The summed E-state index contributed by atoms with van der Waals surface area (Å²) in [4.78, 5) is 2.22. The Balaban J connectivity index is 1.90. The van der Waals surface area contributed by atoms with Gasteiger partial charge >= 0.3 is 0 Å². The number of rotatable bonds is 5. The number of hydrogen-bond acceptors (Lipinski definition) is 2. The van der Waals surface area contributed by atoms with E-state index in [4.69, 9.17) is 0 Å². The maximum atomic E-state index is 9.90. The normalized spacial score (nSPS) is 17.5. The Hall–Kier alpha value is -0.860. The summed E-state index contributed by atoms with van der Waals surface area (Å²) >= 11 is 0. The molecule has 0 aromatic heterocycles. The predicted octanol–water partition coefficient (Wildman–Crippen LogP) is 2.51. The molecule has 0 radical (unpaired) electrons. The number of aliphatic hydroxyl groups excluding tert-OH is 1. The zero-order valence-corrected chi connectivity index (χ0v) is 11.1. The van der Waals surface area contributed by atoms with Gasteiger partial charge in [0.15, 0.2) is 0 Å². The van der Waals surface area contributed by atoms with Crippen LogP contribution in [-0.4, -0.2) is 29.7 Å². The second kappa shape index (κ2) is 5.19. The molecule has 1 saturated carbocycles. The number of aryl methyl sites for hydroxylation is 2. The van der Waals surface area contributed by atoms with E-state index in [1.807, 2.05) is 0 Å². The minimum absolute atomic E-state index is 0.133. The van der Waals surface area contributed by atoms with Gasteiger partial charge in [0.05, 0.1) is 6.10 Å². The summed E-state index contributed by atoms with van der Waals surface area (Å²) < 4.78 is 0. The molecule has 0 amide bonds. The Morgan fingerprint density at radius 3 is 2.35 bits per heavy atom. The lowest BCUT2D eigenvalue weighted by atomic mass is 10.1. The van der Waals surface area contributed by atoms with Gasteiger partial charge in [0.1, 0.15) is 0 Å². The van der Waals surface area contributed by atoms with E-state index in [-0.39, 0.29) is 6.10 Å². The van der Waals surface area contributed by atoms with E-state index >= 15 is 0 Å².